The number of carbonyl (C=O) groups is 1. The second kappa shape index (κ2) is 5.39. The van der Waals surface area contributed by atoms with E-state index in [0.717, 1.165) is 0 Å². The van der Waals surface area contributed by atoms with Crippen LogP contribution in [-0.4, -0.2) is 30.3 Å². The molecule has 19 heavy (non-hydrogen) atoms. The summed E-state index contributed by atoms with van der Waals surface area (Å²) in [5.74, 6) is 0.0510. The van der Waals surface area contributed by atoms with Gasteiger partial charge in [-0.05, 0) is 18.2 Å². The van der Waals surface area contributed by atoms with E-state index in [9.17, 15) is 9.90 Å². The number of benzene rings is 1. The van der Waals surface area contributed by atoms with Crippen molar-refractivity contribution in [2.75, 3.05) is 14.2 Å². The Labute approximate surface area is 110 Å². The summed E-state index contributed by atoms with van der Waals surface area (Å²) in [6, 6.07) is 6.72. The molecule has 0 amide bonds. The third-order valence-electron chi connectivity index (χ3n) is 2.75. The maximum absolute atomic E-state index is 11.3. The lowest BCUT2D eigenvalue weighted by atomic mass is 10.00. The van der Waals surface area contributed by atoms with Crippen molar-refractivity contribution in [1.82, 2.24) is 4.98 Å². The number of ether oxygens (including phenoxy) is 2. The molecular formula is C14H13NO4. The van der Waals surface area contributed by atoms with Crippen LogP contribution in [0.1, 0.15) is 10.4 Å². The van der Waals surface area contributed by atoms with Crippen molar-refractivity contribution < 1.29 is 19.4 Å². The molecular weight excluding hydrogens is 246 g/mol. The summed E-state index contributed by atoms with van der Waals surface area (Å²) in [5.41, 5.74) is 1.19. The number of carboxylic acids is 1. The Balaban J connectivity index is 2.74. The topological polar surface area (TPSA) is 68.7 Å². The van der Waals surface area contributed by atoms with Crippen LogP contribution in [0.5, 0.6) is 11.5 Å². The molecule has 1 N–H and O–H groups in total. The average molecular weight is 259 g/mol. The predicted molar refractivity (Wildman–Crippen MR) is 69.7 cm³/mol. The Morgan fingerprint density at radius 1 is 1.16 bits per heavy atom. The summed E-state index contributed by atoms with van der Waals surface area (Å²) in [5, 5.41) is 9.24. The minimum atomic E-state index is -1.02. The third kappa shape index (κ3) is 2.35. The van der Waals surface area contributed by atoms with Gasteiger partial charge in [-0.2, -0.15) is 0 Å². The lowest BCUT2D eigenvalue weighted by Crippen LogP contribution is -2.02. The molecule has 2 rings (SSSR count). The van der Waals surface area contributed by atoms with Crippen molar-refractivity contribution in [3.8, 4) is 22.6 Å². The second-order valence-corrected chi connectivity index (χ2v) is 3.76. The second-order valence-electron chi connectivity index (χ2n) is 3.76. The van der Waals surface area contributed by atoms with Crippen LogP contribution in [0.15, 0.2) is 36.7 Å². The molecule has 0 bridgehead atoms. The Morgan fingerprint density at radius 2 is 1.79 bits per heavy atom. The standard InChI is InChI=1S/C14H13NO4/c1-18-11-4-3-5-12(19-2)13(11)10-8-15-7-6-9(10)14(16)17/h3-8H,1-2H3,(H,16,17). The maximum atomic E-state index is 11.3. The van der Waals surface area contributed by atoms with Crippen molar-refractivity contribution >= 4 is 5.97 Å². The summed E-state index contributed by atoms with van der Waals surface area (Å²) < 4.78 is 10.6. The highest BCUT2D eigenvalue weighted by Crippen LogP contribution is 2.39. The van der Waals surface area contributed by atoms with E-state index in [2.05, 4.69) is 4.98 Å². The van der Waals surface area contributed by atoms with Crippen LogP contribution < -0.4 is 9.47 Å². The molecule has 2 aromatic rings. The Bertz CT molecular complexity index is 588. The minimum Gasteiger partial charge on any atom is -0.496 e. The molecule has 1 aromatic heterocycles. The quantitative estimate of drug-likeness (QED) is 0.913. The zero-order chi connectivity index (χ0) is 13.8. The monoisotopic (exact) mass is 259 g/mol. The number of hydrogen-bond acceptors (Lipinski definition) is 4. The van der Waals surface area contributed by atoms with E-state index in [1.807, 2.05) is 0 Å². The van der Waals surface area contributed by atoms with Crippen LogP contribution in [0.2, 0.25) is 0 Å². The van der Waals surface area contributed by atoms with Crippen LogP contribution >= 0.6 is 0 Å². The van der Waals surface area contributed by atoms with Gasteiger partial charge in [-0.25, -0.2) is 4.79 Å². The molecule has 0 saturated carbocycles. The van der Waals surface area contributed by atoms with Gasteiger partial charge in [0.15, 0.2) is 0 Å². The predicted octanol–water partition coefficient (Wildman–Crippen LogP) is 2.46. The number of aromatic carboxylic acids is 1. The number of carboxylic acid groups (broad SMARTS) is 1. The van der Waals surface area contributed by atoms with Crippen molar-refractivity contribution in [2.45, 2.75) is 0 Å². The van der Waals surface area contributed by atoms with E-state index in [4.69, 9.17) is 9.47 Å². The Kier molecular flexibility index (Phi) is 3.66. The molecule has 0 atom stereocenters. The lowest BCUT2D eigenvalue weighted by molar-refractivity contribution is 0.0697. The number of pyridine rings is 1. The van der Waals surface area contributed by atoms with Gasteiger partial charge in [0, 0.05) is 18.0 Å². The first-order chi connectivity index (χ1) is 9.19. The molecule has 1 aromatic carbocycles. The summed E-state index contributed by atoms with van der Waals surface area (Å²) in [7, 11) is 3.05. The first-order valence-electron chi connectivity index (χ1n) is 5.57. The molecule has 0 aliphatic rings. The minimum absolute atomic E-state index is 0.151. The number of aromatic nitrogens is 1. The fourth-order valence-electron chi connectivity index (χ4n) is 1.90. The zero-order valence-electron chi connectivity index (χ0n) is 10.6. The van der Waals surface area contributed by atoms with E-state index in [-0.39, 0.29) is 5.56 Å². The van der Waals surface area contributed by atoms with Crippen LogP contribution in [0, 0.1) is 0 Å². The van der Waals surface area contributed by atoms with Crippen molar-refractivity contribution in [3.05, 3.63) is 42.2 Å². The third-order valence-corrected chi connectivity index (χ3v) is 2.75. The molecule has 0 aliphatic carbocycles. The normalized spacial score (nSPS) is 10.0. The van der Waals surface area contributed by atoms with Crippen LogP contribution in [-0.2, 0) is 0 Å². The highest BCUT2D eigenvalue weighted by molar-refractivity contribution is 5.97. The molecule has 0 saturated heterocycles. The van der Waals surface area contributed by atoms with Crippen LogP contribution in [0.3, 0.4) is 0 Å². The summed E-state index contributed by atoms with van der Waals surface area (Å²) in [4.78, 5) is 15.3. The van der Waals surface area contributed by atoms with E-state index in [1.165, 1.54) is 32.7 Å². The van der Waals surface area contributed by atoms with E-state index in [0.29, 0.717) is 22.6 Å². The van der Waals surface area contributed by atoms with Crippen molar-refractivity contribution in [1.29, 1.82) is 0 Å². The van der Waals surface area contributed by atoms with Gasteiger partial charge in [-0.15, -0.1) is 0 Å². The first kappa shape index (κ1) is 12.9. The van der Waals surface area contributed by atoms with Crippen LogP contribution in [0.25, 0.3) is 11.1 Å². The van der Waals surface area contributed by atoms with Crippen LogP contribution in [0.4, 0.5) is 0 Å². The van der Waals surface area contributed by atoms with Gasteiger partial charge in [0.05, 0.1) is 25.3 Å². The molecule has 0 fully saturated rings. The van der Waals surface area contributed by atoms with Gasteiger partial charge >= 0.3 is 5.97 Å². The van der Waals surface area contributed by atoms with Gasteiger partial charge in [-0.1, -0.05) is 6.07 Å². The highest BCUT2D eigenvalue weighted by atomic mass is 16.5. The van der Waals surface area contributed by atoms with Gasteiger partial charge < -0.3 is 14.6 Å². The van der Waals surface area contributed by atoms with Crippen molar-refractivity contribution in [3.63, 3.8) is 0 Å². The number of rotatable bonds is 4. The average Bonchev–Trinajstić information content (AvgIpc) is 2.46. The lowest BCUT2D eigenvalue weighted by Gasteiger charge is -2.14. The number of nitrogens with zero attached hydrogens (tertiary/aromatic N) is 1. The van der Waals surface area contributed by atoms with Gasteiger partial charge in [0.25, 0.3) is 0 Å². The van der Waals surface area contributed by atoms with E-state index in [1.54, 1.807) is 18.2 Å². The molecule has 0 unspecified atom stereocenters. The SMILES string of the molecule is COc1cccc(OC)c1-c1cnccc1C(=O)O. The van der Waals surface area contributed by atoms with Gasteiger partial charge in [-0.3, -0.25) is 4.98 Å². The van der Waals surface area contributed by atoms with Gasteiger partial charge in [0.1, 0.15) is 11.5 Å². The number of hydrogen-bond donors (Lipinski definition) is 1. The van der Waals surface area contributed by atoms with E-state index < -0.39 is 5.97 Å². The molecule has 5 heteroatoms. The fourth-order valence-corrected chi connectivity index (χ4v) is 1.90. The molecule has 98 valence electrons. The smallest absolute Gasteiger partial charge is 0.336 e. The summed E-state index contributed by atoms with van der Waals surface area (Å²) in [6.45, 7) is 0. The molecule has 1 heterocycles. The largest absolute Gasteiger partial charge is 0.496 e. The summed E-state index contributed by atoms with van der Waals surface area (Å²) >= 11 is 0. The highest BCUT2D eigenvalue weighted by Gasteiger charge is 2.18. The molecule has 0 radical (unpaired) electrons. The van der Waals surface area contributed by atoms with Crippen molar-refractivity contribution in [2.24, 2.45) is 0 Å². The van der Waals surface area contributed by atoms with Gasteiger partial charge in [0.2, 0.25) is 0 Å². The number of methoxy groups -OCH3 is 2. The molecule has 0 spiro atoms. The Morgan fingerprint density at radius 3 is 2.32 bits per heavy atom. The van der Waals surface area contributed by atoms with E-state index >= 15 is 0 Å². The Hall–Kier alpha value is -2.56. The summed E-state index contributed by atoms with van der Waals surface area (Å²) in [6.07, 6.45) is 2.93. The maximum Gasteiger partial charge on any atom is 0.336 e. The zero-order valence-corrected chi connectivity index (χ0v) is 10.6. The molecule has 0 aliphatic heterocycles. The molecule has 5 nitrogen and oxygen atoms in total. The first-order valence-corrected chi connectivity index (χ1v) is 5.57. The fraction of sp³-hybridized carbons (Fsp3) is 0.143.